The van der Waals surface area contributed by atoms with Gasteiger partial charge in [-0.25, -0.2) is 0 Å². The van der Waals surface area contributed by atoms with Gasteiger partial charge < -0.3 is 4.43 Å². The average Bonchev–Trinajstić information content (AvgIpc) is 3.25. The van der Waals surface area contributed by atoms with Crippen LogP contribution in [0.1, 0.15) is 58.3 Å². The molecule has 176 valence electrons. The van der Waals surface area contributed by atoms with Gasteiger partial charge >= 0.3 is 18.0 Å². The van der Waals surface area contributed by atoms with E-state index in [-0.39, 0.29) is 29.5 Å². The van der Waals surface area contributed by atoms with Crippen molar-refractivity contribution in [2.75, 3.05) is 0 Å². The lowest BCUT2D eigenvalue weighted by Gasteiger charge is -2.43. The zero-order chi connectivity index (χ0) is 23.5. The Balaban J connectivity index is 1.90. The highest BCUT2D eigenvalue weighted by Crippen LogP contribution is 2.68. The minimum absolute atomic E-state index is 0.0306. The van der Waals surface area contributed by atoms with Gasteiger partial charge in [-0.1, -0.05) is 12.8 Å². The summed E-state index contributed by atoms with van der Waals surface area (Å²) in [5, 5.41) is 0. The van der Waals surface area contributed by atoms with Crippen LogP contribution < -0.4 is 0 Å². The van der Waals surface area contributed by atoms with E-state index in [2.05, 4.69) is 12.8 Å². The fraction of sp³-hybridized carbons (Fsp3) is 0.864. The molecular formula is C22H30F6O2Si. The topological polar surface area (TPSA) is 26.3 Å². The van der Waals surface area contributed by atoms with E-state index < -0.39 is 31.7 Å². The van der Waals surface area contributed by atoms with E-state index in [1.165, 1.54) is 25.6 Å². The summed E-state index contributed by atoms with van der Waals surface area (Å²) in [4.78, 5) is 12.4. The van der Waals surface area contributed by atoms with Crippen molar-refractivity contribution in [3.05, 3.63) is 0 Å². The first-order valence-electron chi connectivity index (χ1n) is 10.8. The van der Waals surface area contributed by atoms with Gasteiger partial charge in [-0.15, -0.1) is 0 Å². The summed E-state index contributed by atoms with van der Waals surface area (Å²) in [6.45, 7) is 5.92. The Morgan fingerprint density at radius 1 is 1.03 bits per heavy atom. The van der Waals surface area contributed by atoms with Crippen LogP contribution in [0.4, 0.5) is 26.3 Å². The van der Waals surface area contributed by atoms with Crippen molar-refractivity contribution in [2.24, 2.45) is 22.7 Å². The summed E-state index contributed by atoms with van der Waals surface area (Å²) in [5.74, 6) is 4.12. The first-order chi connectivity index (χ1) is 14.0. The maximum Gasteiger partial charge on any atom is 0.437 e. The summed E-state index contributed by atoms with van der Waals surface area (Å²) in [6.07, 6.45) is -6.22. The van der Waals surface area contributed by atoms with Gasteiger partial charge in [0, 0.05) is 18.8 Å². The Morgan fingerprint density at radius 3 is 2.10 bits per heavy atom. The molecule has 0 N–H and O–H groups in total. The highest BCUT2D eigenvalue weighted by molar-refractivity contribution is 6.69. The van der Waals surface area contributed by atoms with Gasteiger partial charge in [0.15, 0.2) is 8.32 Å². The van der Waals surface area contributed by atoms with Crippen LogP contribution in [0.5, 0.6) is 0 Å². The second-order valence-electron chi connectivity index (χ2n) is 10.7. The first-order valence-corrected chi connectivity index (χ1v) is 14.2. The molecule has 3 fully saturated rings. The predicted octanol–water partition coefficient (Wildman–Crippen LogP) is 6.66. The number of ketones is 1. The fourth-order valence-electron chi connectivity index (χ4n) is 5.99. The zero-order valence-electron chi connectivity index (χ0n) is 18.4. The van der Waals surface area contributed by atoms with Crippen LogP contribution in [-0.2, 0) is 9.22 Å². The second kappa shape index (κ2) is 7.51. The molecule has 0 aromatic rings. The Hall–Kier alpha value is -1.01. The molecule has 9 heteroatoms. The minimum Gasteiger partial charge on any atom is -0.388 e. The molecule has 0 heterocycles. The second-order valence-corrected chi connectivity index (χ2v) is 15.2. The molecule has 0 aliphatic heterocycles. The van der Waals surface area contributed by atoms with Gasteiger partial charge in [-0.2, -0.15) is 26.3 Å². The lowest BCUT2D eigenvalue weighted by atomic mass is 9.60. The third-order valence-electron chi connectivity index (χ3n) is 7.46. The Labute approximate surface area is 180 Å². The molecule has 0 spiro atoms. The van der Waals surface area contributed by atoms with E-state index in [1.807, 2.05) is 0 Å². The molecule has 3 atom stereocenters. The predicted molar refractivity (Wildman–Crippen MR) is 107 cm³/mol. The first kappa shape index (κ1) is 24.6. The maximum absolute atomic E-state index is 13.7. The number of halogens is 6. The average molecular weight is 469 g/mol. The maximum atomic E-state index is 13.7. The van der Waals surface area contributed by atoms with E-state index in [1.54, 1.807) is 0 Å². The van der Waals surface area contributed by atoms with E-state index in [4.69, 9.17) is 4.43 Å². The number of fused-ring (bicyclic) bond motifs is 1. The van der Waals surface area contributed by atoms with Crippen molar-refractivity contribution in [3.8, 4) is 11.8 Å². The molecule has 0 radical (unpaired) electrons. The fourth-order valence-corrected chi connectivity index (χ4v) is 7.19. The number of hydrogen-bond donors (Lipinski definition) is 0. The van der Waals surface area contributed by atoms with E-state index in [0.717, 1.165) is 38.5 Å². The van der Waals surface area contributed by atoms with Crippen molar-refractivity contribution >= 4 is 14.1 Å². The molecular weight excluding hydrogens is 438 g/mol. The molecule has 3 aliphatic carbocycles. The van der Waals surface area contributed by atoms with Gasteiger partial charge in [0.25, 0.3) is 0 Å². The number of Topliss-reactive ketones (excluding diaryl/α,β-unsaturated/α-hetero) is 1. The zero-order valence-corrected chi connectivity index (χ0v) is 19.4. The molecule has 3 saturated carbocycles. The standard InChI is InChI=1S/C22H30F6O2Si/c1-18-10-5-7-16(29)15(18)8-9-17(18)19(13-14-19)11-6-12-20(21(23,24)25,22(26,27)28)30-31(2,3)4/h15,17H,5,7-11,13-14H2,1-4H3/t15?,17-,18-/m0/s1. The Kier molecular flexibility index (Phi) is 5.97. The third kappa shape index (κ3) is 4.31. The van der Waals surface area contributed by atoms with Crippen LogP contribution in [0.2, 0.25) is 19.6 Å². The highest BCUT2D eigenvalue weighted by atomic mass is 28.4. The molecule has 2 nitrogen and oxygen atoms in total. The number of rotatable bonds is 4. The summed E-state index contributed by atoms with van der Waals surface area (Å²) in [6, 6.07) is 0. The van der Waals surface area contributed by atoms with Crippen LogP contribution in [-0.4, -0.2) is 32.1 Å². The molecule has 0 saturated heterocycles. The summed E-state index contributed by atoms with van der Waals surface area (Å²) in [5.41, 5.74) is -5.09. The molecule has 0 aromatic heterocycles. The van der Waals surface area contributed by atoms with Crippen molar-refractivity contribution in [1.29, 1.82) is 0 Å². The van der Waals surface area contributed by atoms with E-state index in [0.29, 0.717) is 6.42 Å². The van der Waals surface area contributed by atoms with Crippen LogP contribution in [0.15, 0.2) is 0 Å². The van der Waals surface area contributed by atoms with Gasteiger partial charge in [-0.05, 0) is 80.8 Å². The molecule has 0 aromatic carbocycles. The third-order valence-corrected chi connectivity index (χ3v) is 8.38. The molecule has 3 aliphatic rings. The molecule has 0 amide bonds. The summed E-state index contributed by atoms with van der Waals surface area (Å²) >= 11 is 0. The van der Waals surface area contributed by atoms with Crippen molar-refractivity contribution in [3.63, 3.8) is 0 Å². The van der Waals surface area contributed by atoms with E-state index in [9.17, 15) is 31.1 Å². The SMILES string of the molecule is C[C@]12CCCC(=O)C1CC[C@@H]2C1(CC#CC(O[Si](C)(C)C)(C(F)(F)F)C(F)(F)F)CC1. The van der Waals surface area contributed by atoms with Crippen LogP contribution >= 0.6 is 0 Å². The van der Waals surface area contributed by atoms with Gasteiger partial charge in [-0.3, -0.25) is 4.79 Å². The van der Waals surface area contributed by atoms with Gasteiger partial charge in [0.05, 0.1) is 0 Å². The summed E-state index contributed by atoms with van der Waals surface area (Å²) < 4.78 is 86.9. The molecule has 31 heavy (non-hydrogen) atoms. The highest BCUT2D eigenvalue weighted by Gasteiger charge is 2.73. The summed E-state index contributed by atoms with van der Waals surface area (Å²) in [7, 11) is -3.24. The number of alkyl halides is 6. The van der Waals surface area contributed by atoms with Gasteiger partial charge in [0.1, 0.15) is 5.78 Å². The normalized spacial score (nSPS) is 31.1. The monoisotopic (exact) mass is 468 g/mol. The smallest absolute Gasteiger partial charge is 0.388 e. The van der Waals surface area contributed by atoms with Crippen LogP contribution in [0, 0.1) is 34.5 Å². The lowest BCUT2D eigenvalue weighted by Crippen LogP contribution is -2.61. The largest absolute Gasteiger partial charge is 0.437 e. The number of carbonyl (C=O) groups excluding carboxylic acids is 1. The van der Waals surface area contributed by atoms with Crippen molar-refractivity contribution in [1.82, 2.24) is 0 Å². The molecule has 3 rings (SSSR count). The van der Waals surface area contributed by atoms with Gasteiger partial charge in [0.2, 0.25) is 0 Å². The minimum atomic E-state index is -5.70. The van der Waals surface area contributed by atoms with Crippen molar-refractivity contribution in [2.45, 2.75) is 95.9 Å². The molecule has 0 bridgehead atoms. The number of carbonyl (C=O) groups is 1. The quantitative estimate of drug-likeness (QED) is 0.262. The van der Waals surface area contributed by atoms with Crippen LogP contribution in [0.25, 0.3) is 0 Å². The number of hydrogen-bond acceptors (Lipinski definition) is 2. The Morgan fingerprint density at radius 2 is 1.61 bits per heavy atom. The van der Waals surface area contributed by atoms with Crippen LogP contribution in [0.3, 0.4) is 0 Å². The van der Waals surface area contributed by atoms with Crippen molar-refractivity contribution < 1.29 is 35.6 Å². The Bertz CT molecular complexity index is 767. The van der Waals surface area contributed by atoms with E-state index >= 15 is 0 Å². The lowest BCUT2D eigenvalue weighted by molar-refractivity contribution is -0.336. The molecule has 1 unspecified atom stereocenters.